The Balaban J connectivity index is 1.59. The normalized spacial score (nSPS) is 14.0. The van der Waals surface area contributed by atoms with Crippen LogP contribution in [0.5, 0.6) is 0 Å². The number of rotatable bonds is 4. The van der Waals surface area contributed by atoms with E-state index in [0.29, 0.717) is 54.5 Å². The molecule has 0 unspecified atom stereocenters. The second kappa shape index (κ2) is 8.11. The van der Waals surface area contributed by atoms with Crippen LogP contribution in [0.1, 0.15) is 10.4 Å². The topological polar surface area (TPSA) is 96.0 Å². The molecule has 0 spiro atoms. The number of ether oxygens (including phenoxy) is 1. The molecular weight excluding hydrogens is 399 g/mol. The van der Waals surface area contributed by atoms with Crippen molar-refractivity contribution < 1.29 is 13.9 Å². The highest BCUT2D eigenvalue weighted by molar-refractivity contribution is 6.03. The van der Waals surface area contributed by atoms with Gasteiger partial charge >= 0.3 is 0 Å². The number of carbonyl (C=O) groups is 1. The Morgan fingerprint density at radius 1 is 1.16 bits per heavy atom. The van der Waals surface area contributed by atoms with Crippen molar-refractivity contribution in [1.29, 1.82) is 0 Å². The Hall–Kier alpha value is -3.85. The van der Waals surface area contributed by atoms with E-state index in [0.717, 1.165) is 5.39 Å². The molecule has 1 amide bonds. The van der Waals surface area contributed by atoms with E-state index in [-0.39, 0.29) is 17.7 Å². The van der Waals surface area contributed by atoms with Crippen molar-refractivity contribution in [3.63, 3.8) is 0 Å². The first-order valence-corrected chi connectivity index (χ1v) is 9.87. The van der Waals surface area contributed by atoms with Crippen LogP contribution in [0.2, 0.25) is 0 Å². The number of halogens is 1. The van der Waals surface area contributed by atoms with E-state index in [4.69, 9.17) is 4.74 Å². The number of hydrogen-bond acceptors (Lipinski definition) is 6. The number of carbonyl (C=O) groups excluding carboxylic acids is 1. The molecule has 1 saturated heterocycles. The van der Waals surface area contributed by atoms with Gasteiger partial charge in [-0.25, -0.2) is 9.37 Å². The molecule has 2 N–H and O–H groups in total. The van der Waals surface area contributed by atoms with Gasteiger partial charge in [0.2, 0.25) is 5.95 Å². The number of pyridine rings is 1. The van der Waals surface area contributed by atoms with Gasteiger partial charge in [0.25, 0.3) is 5.91 Å². The van der Waals surface area contributed by atoms with Gasteiger partial charge in [0.15, 0.2) is 0 Å². The second-order valence-electron chi connectivity index (χ2n) is 7.12. The molecule has 1 aromatic carbocycles. The number of morpholine rings is 1. The van der Waals surface area contributed by atoms with Crippen LogP contribution >= 0.6 is 0 Å². The van der Waals surface area contributed by atoms with Gasteiger partial charge in [0.05, 0.1) is 24.5 Å². The van der Waals surface area contributed by atoms with Crippen LogP contribution in [-0.2, 0) is 4.74 Å². The van der Waals surface area contributed by atoms with Crippen molar-refractivity contribution in [2.45, 2.75) is 0 Å². The third-order valence-corrected chi connectivity index (χ3v) is 5.11. The number of hydrogen-bond donors (Lipinski definition) is 2. The maximum Gasteiger partial charge on any atom is 0.259 e. The molecule has 1 aliphatic heterocycles. The Bertz CT molecular complexity index is 1240. The van der Waals surface area contributed by atoms with E-state index < -0.39 is 0 Å². The van der Waals surface area contributed by atoms with Crippen LogP contribution in [0.25, 0.3) is 22.2 Å². The van der Waals surface area contributed by atoms with Gasteiger partial charge in [-0.15, -0.1) is 0 Å². The molecule has 8 nitrogen and oxygen atoms in total. The summed E-state index contributed by atoms with van der Waals surface area (Å²) < 4.78 is 19.7. The summed E-state index contributed by atoms with van der Waals surface area (Å²) in [7, 11) is 0. The Kier molecular flexibility index (Phi) is 5.01. The van der Waals surface area contributed by atoms with Gasteiger partial charge in [0, 0.05) is 54.2 Å². The number of anilines is 2. The van der Waals surface area contributed by atoms with Crippen molar-refractivity contribution in [3.8, 4) is 11.3 Å². The van der Waals surface area contributed by atoms with E-state index in [1.807, 2.05) is 12.1 Å². The first kappa shape index (κ1) is 19.1. The minimum atomic E-state index is -0.377. The van der Waals surface area contributed by atoms with Crippen LogP contribution in [-0.4, -0.2) is 52.1 Å². The predicted molar refractivity (Wildman–Crippen MR) is 115 cm³/mol. The van der Waals surface area contributed by atoms with Crippen LogP contribution < -0.4 is 10.2 Å². The summed E-state index contributed by atoms with van der Waals surface area (Å²) in [5.74, 6) is 0.0326. The molecule has 3 aromatic heterocycles. The third-order valence-electron chi connectivity index (χ3n) is 5.11. The van der Waals surface area contributed by atoms with E-state index in [2.05, 4.69) is 30.2 Å². The zero-order valence-corrected chi connectivity index (χ0v) is 16.5. The Morgan fingerprint density at radius 2 is 2.03 bits per heavy atom. The lowest BCUT2D eigenvalue weighted by Crippen LogP contribution is -2.37. The van der Waals surface area contributed by atoms with Crippen LogP contribution in [0.4, 0.5) is 16.2 Å². The monoisotopic (exact) mass is 418 g/mol. The van der Waals surface area contributed by atoms with Gasteiger partial charge < -0.3 is 14.6 Å². The summed E-state index contributed by atoms with van der Waals surface area (Å²) in [4.78, 5) is 30.8. The predicted octanol–water partition coefficient (Wildman–Crippen LogP) is 3.25. The van der Waals surface area contributed by atoms with E-state index in [9.17, 15) is 9.18 Å². The van der Waals surface area contributed by atoms with Crippen molar-refractivity contribution in [3.05, 3.63) is 66.4 Å². The Labute approximate surface area is 177 Å². The molecule has 0 saturated carbocycles. The van der Waals surface area contributed by atoms with E-state index in [1.165, 1.54) is 18.3 Å². The lowest BCUT2D eigenvalue weighted by Gasteiger charge is -2.28. The van der Waals surface area contributed by atoms with E-state index in [1.54, 1.807) is 24.5 Å². The van der Waals surface area contributed by atoms with Gasteiger partial charge in [-0.1, -0.05) is 0 Å². The number of nitrogens with one attached hydrogen (secondary N) is 2. The van der Waals surface area contributed by atoms with E-state index >= 15 is 0 Å². The minimum absolute atomic E-state index is 0.140. The Morgan fingerprint density at radius 3 is 2.84 bits per heavy atom. The molecular formula is C22H19FN6O2. The quantitative estimate of drug-likeness (QED) is 0.528. The summed E-state index contributed by atoms with van der Waals surface area (Å²) in [5.41, 5.74) is 2.19. The highest BCUT2D eigenvalue weighted by atomic mass is 19.1. The lowest BCUT2D eigenvalue weighted by atomic mass is 10.1. The number of H-pyrrole nitrogens is 1. The number of benzene rings is 1. The average Bonchev–Trinajstić information content (AvgIpc) is 3.28. The fourth-order valence-electron chi connectivity index (χ4n) is 3.60. The number of fused-ring (bicyclic) bond motifs is 1. The molecule has 4 aromatic rings. The fraction of sp³-hybridized carbons (Fsp3) is 0.182. The summed E-state index contributed by atoms with van der Waals surface area (Å²) in [6, 6.07) is 9.90. The SMILES string of the molecule is O=C(Nc1nc(-c2cc(F)cc3[nH]ccc23)cc(N2CCOCC2)n1)c1cccnc1. The summed E-state index contributed by atoms with van der Waals surface area (Å²) >= 11 is 0. The lowest BCUT2D eigenvalue weighted by molar-refractivity contribution is 0.102. The molecule has 9 heteroatoms. The van der Waals surface area contributed by atoms with Gasteiger partial charge in [-0.3, -0.25) is 15.1 Å². The number of nitrogens with zero attached hydrogens (tertiary/aromatic N) is 4. The molecule has 0 bridgehead atoms. The third kappa shape index (κ3) is 3.95. The zero-order valence-electron chi connectivity index (χ0n) is 16.5. The summed E-state index contributed by atoms with van der Waals surface area (Å²) in [5, 5.41) is 3.57. The highest BCUT2D eigenvalue weighted by Gasteiger charge is 2.19. The van der Waals surface area contributed by atoms with Crippen molar-refractivity contribution >= 4 is 28.6 Å². The van der Waals surface area contributed by atoms with Gasteiger partial charge in [-0.05, 0) is 30.3 Å². The second-order valence-corrected chi connectivity index (χ2v) is 7.12. The fourth-order valence-corrected chi connectivity index (χ4v) is 3.60. The van der Waals surface area contributed by atoms with Crippen molar-refractivity contribution in [2.75, 3.05) is 36.5 Å². The highest BCUT2D eigenvalue weighted by Crippen LogP contribution is 2.31. The zero-order chi connectivity index (χ0) is 21.2. The van der Waals surface area contributed by atoms with Gasteiger partial charge in [0.1, 0.15) is 11.6 Å². The molecule has 1 aliphatic rings. The standard InChI is InChI=1S/C22H19FN6O2/c23-15-10-17(16-3-5-25-18(16)11-15)19-12-20(29-6-8-31-9-7-29)27-22(26-19)28-21(30)14-2-1-4-24-13-14/h1-5,10-13,25H,6-9H2,(H,26,27,28,30). The van der Waals surface area contributed by atoms with Gasteiger partial charge in [-0.2, -0.15) is 4.98 Å². The largest absolute Gasteiger partial charge is 0.378 e. The van der Waals surface area contributed by atoms with Crippen LogP contribution in [0, 0.1) is 5.82 Å². The molecule has 156 valence electrons. The molecule has 0 radical (unpaired) electrons. The summed E-state index contributed by atoms with van der Waals surface area (Å²) in [6.07, 6.45) is 4.82. The molecule has 31 heavy (non-hydrogen) atoms. The number of aromatic amines is 1. The first-order chi connectivity index (χ1) is 15.2. The minimum Gasteiger partial charge on any atom is -0.378 e. The first-order valence-electron chi connectivity index (χ1n) is 9.87. The maximum atomic E-state index is 14.3. The maximum absolute atomic E-state index is 14.3. The smallest absolute Gasteiger partial charge is 0.259 e. The van der Waals surface area contributed by atoms with Crippen LogP contribution in [0.3, 0.4) is 0 Å². The van der Waals surface area contributed by atoms with Crippen LogP contribution in [0.15, 0.2) is 55.0 Å². The molecule has 1 fully saturated rings. The van der Waals surface area contributed by atoms with Crippen molar-refractivity contribution in [2.24, 2.45) is 0 Å². The molecule has 5 rings (SSSR count). The average molecular weight is 418 g/mol. The molecule has 4 heterocycles. The molecule has 0 aliphatic carbocycles. The number of amides is 1. The van der Waals surface area contributed by atoms with Crippen molar-refractivity contribution in [1.82, 2.24) is 19.9 Å². The number of aromatic nitrogens is 4. The molecule has 0 atom stereocenters. The summed E-state index contributed by atoms with van der Waals surface area (Å²) in [6.45, 7) is 2.49.